The van der Waals surface area contributed by atoms with Crippen LogP contribution in [-0.2, 0) is 36.5 Å². The smallest absolute Gasteiger partial charge is 0.286 e. The molecule has 0 fully saturated rings. The second-order valence-corrected chi connectivity index (χ2v) is 15.6. The van der Waals surface area contributed by atoms with Gasteiger partial charge in [0.25, 0.3) is 30.4 Å². The summed E-state index contributed by atoms with van der Waals surface area (Å²) in [6.07, 6.45) is -4.56. The molecule has 0 spiro atoms. The first kappa shape index (κ1) is 35.7. The van der Waals surface area contributed by atoms with E-state index in [2.05, 4.69) is 20.3 Å². The maximum atomic E-state index is 13.8. The molecular weight excluding hydrogens is 764 g/mol. The Morgan fingerprint density at radius 1 is 0.765 bits per heavy atom. The van der Waals surface area contributed by atoms with Gasteiger partial charge in [-0.05, 0) is 41.8 Å². The van der Waals surface area contributed by atoms with Crippen molar-refractivity contribution in [1.82, 2.24) is 14.8 Å². The number of hydrogen-bond donors (Lipinski definition) is 4. The van der Waals surface area contributed by atoms with Crippen LogP contribution in [0.25, 0.3) is 38.4 Å². The molecule has 22 heteroatoms. The van der Waals surface area contributed by atoms with Crippen LogP contribution in [0.4, 0.5) is 24.5 Å². The molecule has 0 amide bonds. The number of halogens is 3. The Bertz CT molecular complexity index is 2770. The molecule has 4 N–H and O–H groups in total. The molecule has 2 heterocycles. The van der Waals surface area contributed by atoms with E-state index < -0.39 is 84.5 Å². The first-order valence-electron chi connectivity index (χ1n) is 13.7. The van der Waals surface area contributed by atoms with Crippen LogP contribution in [0.2, 0.25) is 0 Å². The van der Waals surface area contributed by atoms with Crippen molar-refractivity contribution in [3.63, 3.8) is 0 Å². The van der Waals surface area contributed by atoms with Crippen molar-refractivity contribution >= 4 is 63.8 Å². The number of nitrogens with zero attached hydrogens (tertiary/aromatic N) is 4. The van der Waals surface area contributed by atoms with E-state index in [1.54, 1.807) is 30.3 Å². The van der Waals surface area contributed by atoms with Gasteiger partial charge in [-0.2, -0.15) is 43.1 Å². The van der Waals surface area contributed by atoms with E-state index in [4.69, 9.17) is 0 Å². The van der Waals surface area contributed by atoms with Gasteiger partial charge in [0, 0.05) is 21.9 Å². The molecule has 4 aromatic carbocycles. The summed E-state index contributed by atoms with van der Waals surface area (Å²) in [6, 6.07) is 14.6. The Balaban J connectivity index is 1.55. The molecule has 0 bridgehead atoms. The van der Waals surface area contributed by atoms with Crippen LogP contribution < -0.4 is 5.56 Å². The van der Waals surface area contributed by atoms with Crippen LogP contribution in [0.5, 0.6) is 0 Å². The van der Waals surface area contributed by atoms with E-state index in [9.17, 15) is 56.9 Å². The average molecular weight is 782 g/mol. The lowest BCUT2D eigenvalue weighted by atomic mass is 10.1. The van der Waals surface area contributed by atoms with Crippen molar-refractivity contribution in [2.75, 3.05) is 0 Å². The number of H-pyrrole nitrogens is 1. The molecule has 0 atom stereocenters. The molecule has 2 aromatic heterocycles. The normalized spacial score (nSPS) is 13.0. The van der Waals surface area contributed by atoms with E-state index >= 15 is 0 Å². The van der Waals surface area contributed by atoms with Gasteiger partial charge in [-0.1, -0.05) is 42.5 Å². The SMILES string of the molecule is O=c1c(N=Nc2cc(S(=O)(=O)O)cc3cc(S(=O)(=O)O)cc(S(=O)(=O)O)c23)c(-c2ccccc2)[nH]n1-c1nc(-c2ccc(C(F)(F)F)cc2)cs1. The van der Waals surface area contributed by atoms with Gasteiger partial charge in [-0.3, -0.25) is 23.6 Å². The fourth-order valence-electron chi connectivity index (χ4n) is 4.88. The molecule has 6 aromatic rings. The second kappa shape index (κ2) is 12.6. The number of aromatic amines is 1. The molecular formula is C29H18F3N5O10S4. The van der Waals surface area contributed by atoms with Gasteiger partial charge in [0.1, 0.15) is 4.90 Å². The topological polar surface area (TPSA) is 239 Å². The Hall–Kier alpha value is -5.10. The maximum Gasteiger partial charge on any atom is 0.416 e. The fourth-order valence-corrected chi connectivity index (χ4v) is 7.58. The maximum absolute atomic E-state index is 13.8. The number of thiazole rings is 1. The number of hydrogen-bond acceptors (Lipinski definition) is 11. The van der Waals surface area contributed by atoms with Crippen molar-refractivity contribution in [3.8, 4) is 27.6 Å². The van der Waals surface area contributed by atoms with Crippen LogP contribution in [0.3, 0.4) is 0 Å². The standard InChI is InChI=1S/C29H18F3N5O10S4/c30-29(31,32)18-8-6-15(7-9-18)22-14-48-28(33-22)37-27(38)26(25(36-37)16-4-2-1-3-5-16)35-34-21-12-19(49(39,40)41)10-17-11-20(50(42,43)44)13-23(24(17)21)51(45,46)47/h1-14,36H,(H,39,40,41)(H,42,43,44)(H,45,46,47). The number of aromatic nitrogens is 3. The summed E-state index contributed by atoms with van der Waals surface area (Å²) in [5.41, 5.74) is -1.97. The van der Waals surface area contributed by atoms with Crippen molar-refractivity contribution in [2.45, 2.75) is 20.9 Å². The quantitative estimate of drug-likeness (QED) is 0.0989. The van der Waals surface area contributed by atoms with Gasteiger partial charge in [-0.25, -0.2) is 4.98 Å². The summed E-state index contributed by atoms with van der Waals surface area (Å²) in [4.78, 5) is 15.0. The first-order valence-corrected chi connectivity index (χ1v) is 18.9. The predicted octanol–water partition coefficient (Wildman–Crippen LogP) is 6.28. The molecule has 0 saturated heterocycles. The number of rotatable bonds is 8. The van der Waals surface area contributed by atoms with Crippen molar-refractivity contribution in [1.29, 1.82) is 0 Å². The van der Waals surface area contributed by atoms with E-state index in [0.29, 0.717) is 35.4 Å². The molecule has 0 radical (unpaired) electrons. The highest BCUT2D eigenvalue weighted by molar-refractivity contribution is 7.87. The average Bonchev–Trinajstić information content (AvgIpc) is 3.66. The molecule has 264 valence electrons. The van der Waals surface area contributed by atoms with Crippen LogP contribution in [0.1, 0.15) is 5.56 Å². The number of fused-ring (bicyclic) bond motifs is 1. The fraction of sp³-hybridized carbons (Fsp3) is 0.0345. The Kier molecular flexibility index (Phi) is 8.82. The first-order chi connectivity index (χ1) is 23.7. The number of benzene rings is 4. The van der Waals surface area contributed by atoms with Crippen LogP contribution in [-0.4, -0.2) is 53.7 Å². The summed E-state index contributed by atoms with van der Waals surface area (Å²) in [5.74, 6) is 0. The summed E-state index contributed by atoms with van der Waals surface area (Å²) in [7, 11) is -15.5. The molecule has 15 nitrogen and oxygen atoms in total. The molecule has 0 aliphatic carbocycles. The zero-order chi connectivity index (χ0) is 37.1. The Morgan fingerprint density at radius 2 is 1.37 bits per heavy atom. The zero-order valence-corrected chi connectivity index (χ0v) is 28.1. The van der Waals surface area contributed by atoms with Gasteiger partial charge >= 0.3 is 11.7 Å². The molecule has 0 aliphatic heterocycles. The van der Waals surface area contributed by atoms with Crippen molar-refractivity contribution in [2.24, 2.45) is 10.2 Å². The predicted molar refractivity (Wildman–Crippen MR) is 176 cm³/mol. The Morgan fingerprint density at radius 3 is 1.94 bits per heavy atom. The minimum absolute atomic E-state index is 0.0127. The number of alkyl halides is 3. The second-order valence-electron chi connectivity index (χ2n) is 10.5. The summed E-state index contributed by atoms with van der Waals surface area (Å²) in [5, 5.41) is 11.1. The Labute approximate surface area is 288 Å². The van der Waals surface area contributed by atoms with Gasteiger partial charge in [-0.15, -0.1) is 21.6 Å². The van der Waals surface area contributed by atoms with Gasteiger partial charge in [0.15, 0.2) is 5.69 Å². The lowest BCUT2D eigenvalue weighted by molar-refractivity contribution is -0.137. The minimum Gasteiger partial charge on any atom is -0.286 e. The monoisotopic (exact) mass is 781 g/mol. The van der Waals surface area contributed by atoms with E-state index in [1.807, 2.05) is 0 Å². The van der Waals surface area contributed by atoms with Crippen LogP contribution in [0.15, 0.2) is 114 Å². The lowest BCUT2D eigenvalue weighted by Crippen LogP contribution is -2.13. The van der Waals surface area contributed by atoms with Crippen molar-refractivity contribution in [3.05, 3.63) is 100 Å². The zero-order valence-electron chi connectivity index (χ0n) is 24.8. The summed E-state index contributed by atoms with van der Waals surface area (Å²) >= 11 is 0.935. The number of nitrogens with one attached hydrogen (secondary N) is 1. The molecule has 0 aliphatic rings. The van der Waals surface area contributed by atoms with E-state index in [0.717, 1.165) is 28.2 Å². The molecule has 51 heavy (non-hydrogen) atoms. The van der Waals surface area contributed by atoms with Gasteiger partial charge < -0.3 is 0 Å². The largest absolute Gasteiger partial charge is 0.416 e. The lowest BCUT2D eigenvalue weighted by Gasteiger charge is -2.10. The third-order valence-corrected chi connectivity index (χ3v) is 10.6. The van der Waals surface area contributed by atoms with Crippen LogP contribution >= 0.6 is 11.3 Å². The van der Waals surface area contributed by atoms with Crippen LogP contribution in [0, 0.1) is 0 Å². The van der Waals surface area contributed by atoms with Gasteiger partial charge in [0.05, 0.1) is 32.4 Å². The van der Waals surface area contributed by atoms with E-state index in [1.165, 1.54) is 17.5 Å². The molecule has 6 rings (SSSR count). The van der Waals surface area contributed by atoms with Gasteiger partial charge in [0.2, 0.25) is 5.13 Å². The third kappa shape index (κ3) is 7.23. The highest BCUT2D eigenvalue weighted by Crippen LogP contribution is 2.39. The molecule has 0 saturated carbocycles. The minimum atomic E-state index is -5.31. The molecule has 0 unspecified atom stereocenters. The third-order valence-electron chi connectivity index (χ3n) is 7.19. The number of azo groups is 1. The summed E-state index contributed by atoms with van der Waals surface area (Å²) < 4.78 is 142. The highest BCUT2D eigenvalue weighted by atomic mass is 32.2. The highest BCUT2D eigenvalue weighted by Gasteiger charge is 2.30. The van der Waals surface area contributed by atoms with E-state index in [-0.39, 0.29) is 16.5 Å². The summed E-state index contributed by atoms with van der Waals surface area (Å²) in [6.45, 7) is 0. The van der Waals surface area contributed by atoms with Crippen molar-refractivity contribution < 1.29 is 52.1 Å².